The van der Waals surface area contributed by atoms with E-state index in [4.69, 9.17) is 23.7 Å². The van der Waals surface area contributed by atoms with Crippen molar-refractivity contribution in [1.82, 2.24) is 0 Å². The van der Waals surface area contributed by atoms with Crippen LogP contribution in [0.4, 0.5) is 0 Å². The summed E-state index contributed by atoms with van der Waals surface area (Å²) in [5.74, 6) is 0. The van der Waals surface area contributed by atoms with Gasteiger partial charge in [-0.1, -0.05) is 121 Å². The third kappa shape index (κ3) is 8.08. The van der Waals surface area contributed by atoms with Crippen molar-refractivity contribution in [3.05, 3.63) is 144 Å². The molecule has 0 saturated carbocycles. The molecule has 0 radical (unpaired) electrons. The maximum Gasteiger partial charge on any atom is 0.184 e. The minimum Gasteiger partial charge on any atom is -0.374 e. The molecule has 6 heteroatoms. The smallest absolute Gasteiger partial charge is 0.184 e. The van der Waals surface area contributed by atoms with Crippen LogP contribution in [0.1, 0.15) is 22.3 Å². The molecule has 40 heavy (non-hydrogen) atoms. The predicted octanol–water partition coefficient (Wildman–Crippen LogP) is 5.68. The highest BCUT2D eigenvalue weighted by molar-refractivity contribution is 5.16. The van der Waals surface area contributed by atoms with Crippen LogP contribution < -0.4 is 0 Å². The number of aliphatic hydroxyl groups is 1. The van der Waals surface area contributed by atoms with Crippen LogP contribution in [0.5, 0.6) is 0 Å². The standard InChI is InChI=1S/C34H36O6/c35-34-33(39-24-29-19-11-4-12-20-29)32(38-23-28-17-9-3-10-18-28)31(37-22-27-15-7-2-8-16-27)30(40-34)25-36-21-26-13-5-1-6-14-26/h1-20,30-35H,21-25H2/t30-,31-,32-,33+,34+/m0/s1. The zero-order valence-corrected chi connectivity index (χ0v) is 22.5. The molecule has 1 aliphatic heterocycles. The number of rotatable bonds is 13. The fourth-order valence-corrected chi connectivity index (χ4v) is 4.77. The van der Waals surface area contributed by atoms with Gasteiger partial charge in [-0.2, -0.15) is 0 Å². The van der Waals surface area contributed by atoms with Crippen molar-refractivity contribution in [2.75, 3.05) is 6.61 Å². The van der Waals surface area contributed by atoms with Crippen molar-refractivity contribution in [3.63, 3.8) is 0 Å². The fourth-order valence-electron chi connectivity index (χ4n) is 4.77. The van der Waals surface area contributed by atoms with E-state index < -0.39 is 30.7 Å². The van der Waals surface area contributed by atoms with E-state index in [1.807, 2.05) is 121 Å². The lowest BCUT2D eigenvalue weighted by molar-refractivity contribution is -0.317. The van der Waals surface area contributed by atoms with Crippen molar-refractivity contribution in [2.45, 2.75) is 57.1 Å². The minimum absolute atomic E-state index is 0.224. The summed E-state index contributed by atoms with van der Waals surface area (Å²) < 4.78 is 31.4. The molecule has 0 spiro atoms. The van der Waals surface area contributed by atoms with Crippen LogP contribution in [0.15, 0.2) is 121 Å². The van der Waals surface area contributed by atoms with Gasteiger partial charge in [0.05, 0.1) is 33.0 Å². The molecule has 5 atom stereocenters. The van der Waals surface area contributed by atoms with Crippen molar-refractivity contribution < 1.29 is 28.8 Å². The molecule has 0 bridgehead atoms. The van der Waals surface area contributed by atoms with Crippen molar-refractivity contribution in [2.24, 2.45) is 0 Å². The Hall–Kier alpha value is -3.36. The normalized spacial score (nSPS) is 22.7. The molecule has 1 saturated heterocycles. The van der Waals surface area contributed by atoms with Crippen molar-refractivity contribution in [1.29, 1.82) is 0 Å². The molecule has 208 valence electrons. The summed E-state index contributed by atoms with van der Waals surface area (Å²) in [6.07, 6.45) is -3.72. The van der Waals surface area contributed by atoms with Gasteiger partial charge in [0.15, 0.2) is 6.29 Å². The maximum atomic E-state index is 11.2. The minimum atomic E-state index is -1.22. The zero-order chi connectivity index (χ0) is 27.4. The zero-order valence-electron chi connectivity index (χ0n) is 22.5. The summed E-state index contributed by atoms with van der Waals surface area (Å²) in [5.41, 5.74) is 4.10. The van der Waals surface area contributed by atoms with Crippen LogP contribution in [0, 0.1) is 0 Å². The largest absolute Gasteiger partial charge is 0.374 e. The first-order chi connectivity index (χ1) is 19.8. The fraction of sp³-hybridized carbons (Fsp3) is 0.294. The van der Waals surface area contributed by atoms with Gasteiger partial charge in [0.2, 0.25) is 0 Å². The van der Waals surface area contributed by atoms with Gasteiger partial charge in [-0.05, 0) is 22.3 Å². The predicted molar refractivity (Wildman–Crippen MR) is 152 cm³/mol. The molecule has 0 aromatic heterocycles. The molecule has 1 N–H and O–H groups in total. The molecule has 0 aliphatic carbocycles. The van der Waals surface area contributed by atoms with Crippen LogP contribution in [0.25, 0.3) is 0 Å². The van der Waals surface area contributed by atoms with Gasteiger partial charge < -0.3 is 28.8 Å². The van der Waals surface area contributed by atoms with Crippen LogP contribution >= 0.6 is 0 Å². The topological polar surface area (TPSA) is 66.4 Å². The summed E-state index contributed by atoms with van der Waals surface area (Å²) in [6, 6.07) is 39.7. The van der Waals surface area contributed by atoms with Crippen molar-refractivity contribution >= 4 is 0 Å². The second-order valence-corrected chi connectivity index (χ2v) is 9.85. The Morgan fingerprint density at radius 1 is 0.475 bits per heavy atom. The first-order valence-corrected chi connectivity index (χ1v) is 13.7. The number of ether oxygens (including phenoxy) is 5. The quantitative estimate of drug-likeness (QED) is 0.236. The molecule has 0 unspecified atom stereocenters. The van der Waals surface area contributed by atoms with E-state index >= 15 is 0 Å². The monoisotopic (exact) mass is 540 g/mol. The van der Waals surface area contributed by atoms with Gasteiger partial charge in [-0.15, -0.1) is 0 Å². The first-order valence-electron chi connectivity index (χ1n) is 13.7. The van der Waals surface area contributed by atoms with E-state index in [1.165, 1.54) is 0 Å². The molecule has 4 aromatic rings. The number of hydrogen-bond donors (Lipinski definition) is 1. The molecule has 6 nitrogen and oxygen atoms in total. The van der Waals surface area contributed by atoms with Gasteiger partial charge in [-0.25, -0.2) is 0 Å². The van der Waals surface area contributed by atoms with Gasteiger partial charge in [-0.3, -0.25) is 0 Å². The Kier molecular flexibility index (Phi) is 10.5. The molecule has 1 fully saturated rings. The van der Waals surface area contributed by atoms with Crippen LogP contribution in [0.3, 0.4) is 0 Å². The van der Waals surface area contributed by atoms with E-state index in [-0.39, 0.29) is 6.61 Å². The van der Waals surface area contributed by atoms with Crippen molar-refractivity contribution in [3.8, 4) is 0 Å². The maximum absolute atomic E-state index is 11.2. The van der Waals surface area contributed by atoms with Gasteiger partial charge in [0, 0.05) is 0 Å². The average molecular weight is 541 g/mol. The molecule has 1 aliphatic rings. The van der Waals surface area contributed by atoms with E-state index in [0.717, 1.165) is 22.3 Å². The second kappa shape index (κ2) is 14.9. The average Bonchev–Trinajstić information content (AvgIpc) is 3.01. The summed E-state index contributed by atoms with van der Waals surface area (Å²) in [7, 11) is 0. The van der Waals surface area contributed by atoms with Crippen LogP contribution in [0.2, 0.25) is 0 Å². The Balaban J connectivity index is 1.36. The lowest BCUT2D eigenvalue weighted by Crippen LogP contribution is -2.61. The lowest BCUT2D eigenvalue weighted by atomic mass is 9.98. The van der Waals surface area contributed by atoms with Crippen LogP contribution in [-0.2, 0) is 50.1 Å². The van der Waals surface area contributed by atoms with Gasteiger partial charge >= 0.3 is 0 Å². The Morgan fingerprint density at radius 2 is 0.850 bits per heavy atom. The van der Waals surface area contributed by atoms with Crippen LogP contribution in [-0.4, -0.2) is 42.4 Å². The highest BCUT2D eigenvalue weighted by Gasteiger charge is 2.48. The third-order valence-electron chi connectivity index (χ3n) is 6.86. The molecular weight excluding hydrogens is 504 g/mol. The van der Waals surface area contributed by atoms with E-state index in [2.05, 4.69) is 0 Å². The Labute approximate surface area is 236 Å². The molecule has 5 rings (SSSR count). The Morgan fingerprint density at radius 3 is 1.30 bits per heavy atom. The number of benzene rings is 4. The van der Waals surface area contributed by atoms with Gasteiger partial charge in [0.1, 0.15) is 24.4 Å². The lowest BCUT2D eigenvalue weighted by Gasteiger charge is -2.44. The SMILES string of the molecule is O[C@@H]1O[C@@H](COCc2ccccc2)[C@H](OCc2ccccc2)[C@H](OCc2ccccc2)[C@H]1OCc1ccccc1. The first kappa shape index (κ1) is 28.2. The molecular formula is C34H36O6. The summed E-state index contributed by atoms with van der Waals surface area (Å²) in [6.45, 7) is 1.65. The third-order valence-corrected chi connectivity index (χ3v) is 6.86. The summed E-state index contributed by atoms with van der Waals surface area (Å²) in [4.78, 5) is 0. The molecule has 0 amide bonds. The Bertz CT molecular complexity index is 1240. The summed E-state index contributed by atoms with van der Waals surface area (Å²) in [5, 5.41) is 11.2. The van der Waals surface area contributed by atoms with E-state index in [1.54, 1.807) is 0 Å². The summed E-state index contributed by atoms with van der Waals surface area (Å²) >= 11 is 0. The van der Waals surface area contributed by atoms with E-state index in [0.29, 0.717) is 26.4 Å². The number of aliphatic hydroxyl groups excluding tert-OH is 1. The van der Waals surface area contributed by atoms with Gasteiger partial charge in [0.25, 0.3) is 0 Å². The molecule has 4 aromatic carbocycles. The number of hydrogen-bond acceptors (Lipinski definition) is 6. The highest BCUT2D eigenvalue weighted by Crippen LogP contribution is 2.30. The second-order valence-electron chi connectivity index (χ2n) is 9.85. The highest BCUT2D eigenvalue weighted by atomic mass is 16.7. The molecule has 1 heterocycles. The van der Waals surface area contributed by atoms with E-state index in [9.17, 15) is 5.11 Å².